The maximum atomic E-state index is 12.0. The molecule has 1 fully saturated rings. The molecule has 1 atom stereocenters. The van der Waals surface area contributed by atoms with Crippen molar-refractivity contribution in [3.05, 3.63) is 34.6 Å². The lowest BCUT2D eigenvalue weighted by Crippen LogP contribution is -2.42. The molecule has 1 saturated heterocycles. The van der Waals surface area contributed by atoms with Crippen LogP contribution in [0.5, 0.6) is 0 Å². The number of piperidine rings is 1. The normalized spacial score (nSPS) is 18.5. The van der Waals surface area contributed by atoms with E-state index in [-0.39, 0.29) is 11.8 Å². The minimum Gasteiger partial charge on any atom is -0.356 e. The zero-order valence-corrected chi connectivity index (χ0v) is 15.3. The molecule has 0 radical (unpaired) electrons. The molecular formula is C17H21BrN4O2. The minimum atomic E-state index is 0.0487. The van der Waals surface area contributed by atoms with E-state index < -0.39 is 0 Å². The summed E-state index contributed by atoms with van der Waals surface area (Å²) < 4.78 is 6.39. The molecule has 1 N–H and O–H groups in total. The van der Waals surface area contributed by atoms with Gasteiger partial charge in [0.25, 0.3) is 0 Å². The Balaban J connectivity index is 1.62. The van der Waals surface area contributed by atoms with Crippen LogP contribution in [0.2, 0.25) is 0 Å². The summed E-state index contributed by atoms with van der Waals surface area (Å²) in [6.45, 7) is 4.89. The summed E-state index contributed by atoms with van der Waals surface area (Å²) in [5.74, 6) is 1.37. The molecule has 128 valence electrons. The first-order chi connectivity index (χ1) is 11.7. The van der Waals surface area contributed by atoms with Gasteiger partial charge in [0, 0.05) is 23.1 Å². The van der Waals surface area contributed by atoms with Gasteiger partial charge >= 0.3 is 0 Å². The van der Waals surface area contributed by atoms with Crippen LogP contribution in [0.15, 0.2) is 33.3 Å². The molecule has 1 aliphatic heterocycles. The number of hydrogen-bond acceptors (Lipinski definition) is 5. The number of nitrogens with zero attached hydrogens (tertiary/aromatic N) is 3. The van der Waals surface area contributed by atoms with Crippen LogP contribution < -0.4 is 5.32 Å². The van der Waals surface area contributed by atoms with Crippen LogP contribution in [0, 0.1) is 5.92 Å². The maximum absolute atomic E-state index is 12.0. The van der Waals surface area contributed by atoms with Gasteiger partial charge in [0.1, 0.15) is 0 Å². The summed E-state index contributed by atoms with van der Waals surface area (Å²) in [6.07, 6.45) is 1.95. The maximum Gasteiger partial charge on any atom is 0.241 e. The number of hydrogen-bond donors (Lipinski definition) is 1. The Morgan fingerprint density at radius 1 is 1.42 bits per heavy atom. The van der Waals surface area contributed by atoms with Crippen molar-refractivity contribution in [2.45, 2.75) is 26.3 Å². The number of carbonyl (C=O) groups is 1. The van der Waals surface area contributed by atoms with E-state index in [1.807, 2.05) is 31.2 Å². The van der Waals surface area contributed by atoms with E-state index in [1.54, 1.807) is 0 Å². The van der Waals surface area contributed by atoms with Crippen molar-refractivity contribution in [2.75, 3.05) is 19.6 Å². The van der Waals surface area contributed by atoms with E-state index in [0.717, 1.165) is 36.0 Å². The molecule has 1 aliphatic rings. The number of rotatable bonds is 5. The highest BCUT2D eigenvalue weighted by Gasteiger charge is 2.26. The largest absolute Gasteiger partial charge is 0.356 e. The molecule has 2 aromatic rings. The number of benzene rings is 1. The topological polar surface area (TPSA) is 71.3 Å². The van der Waals surface area contributed by atoms with E-state index in [0.29, 0.717) is 24.8 Å². The van der Waals surface area contributed by atoms with Crippen molar-refractivity contribution in [3.63, 3.8) is 0 Å². The number of amides is 1. The first-order valence-electron chi connectivity index (χ1n) is 8.24. The molecule has 1 amide bonds. The number of aromatic nitrogens is 2. The smallest absolute Gasteiger partial charge is 0.241 e. The molecule has 1 aromatic carbocycles. The predicted octanol–water partition coefficient (Wildman–Crippen LogP) is 2.85. The lowest BCUT2D eigenvalue weighted by molar-refractivity contribution is -0.126. The number of likely N-dealkylation sites (tertiary alicyclic amines) is 1. The molecule has 1 unspecified atom stereocenters. The zero-order chi connectivity index (χ0) is 16.9. The summed E-state index contributed by atoms with van der Waals surface area (Å²) in [7, 11) is 0. The number of carbonyl (C=O) groups excluding carboxylic acids is 1. The van der Waals surface area contributed by atoms with E-state index in [2.05, 4.69) is 36.3 Å². The van der Waals surface area contributed by atoms with Crippen molar-refractivity contribution in [3.8, 4) is 11.4 Å². The summed E-state index contributed by atoms with van der Waals surface area (Å²) in [4.78, 5) is 18.7. The highest BCUT2D eigenvalue weighted by atomic mass is 79.9. The highest BCUT2D eigenvalue weighted by molar-refractivity contribution is 9.10. The number of halogens is 1. The molecule has 7 heteroatoms. The third-order valence-electron chi connectivity index (χ3n) is 4.16. The SMILES string of the molecule is CCNC(=O)C1CCCN(Cc2nc(-c3ccc(Br)cc3)no2)C1. The van der Waals surface area contributed by atoms with Crippen LogP contribution in [0.1, 0.15) is 25.7 Å². The fourth-order valence-electron chi connectivity index (χ4n) is 2.96. The summed E-state index contributed by atoms with van der Waals surface area (Å²) >= 11 is 3.41. The third-order valence-corrected chi connectivity index (χ3v) is 4.69. The first kappa shape index (κ1) is 17.1. The van der Waals surface area contributed by atoms with Gasteiger partial charge in [0.05, 0.1) is 12.5 Å². The van der Waals surface area contributed by atoms with Gasteiger partial charge in [-0.2, -0.15) is 4.98 Å². The van der Waals surface area contributed by atoms with Gasteiger partial charge in [0.15, 0.2) is 0 Å². The molecule has 24 heavy (non-hydrogen) atoms. The van der Waals surface area contributed by atoms with Crippen LogP contribution in [-0.4, -0.2) is 40.6 Å². The van der Waals surface area contributed by atoms with E-state index >= 15 is 0 Å². The number of nitrogens with one attached hydrogen (secondary N) is 1. The average Bonchev–Trinajstić information content (AvgIpc) is 3.04. The Labute approximate surface area is 149 Å². The Hall–Kier alpha value is -1.73. The second-order valence-corrected chi connectivity index (χ2v) is 6.90. The van der Waals surface area contributed by atoms with Gasteiger partial charge in [-0.05, 0) is 50.6 Å². The highest BCUT2D eigenvalue weighted by Crippen LogP contribution is 2.21. The molecule has 0 aliphatic carbocycles. The summed E-state index contributed by atoms with van der Waals surface area (Å²) in [5.41, 5.74) is 0.923. The van der Waals surface area contributed by atoms with Crippen LogP contribution in [0.4, 0.5) is 0 Å². The van der Waals surface area contributed by atoms with Crippen molar-refractivity contribution in [1.29, 1.82) is 0 Å². The molecule has 3 rings (SSSR count). The van der Waals surface area contributed by atoms with Crippen molar-refractivity contribution in [2.24, 2.45) is 5.92 Å². The summed E-state index contributed by atoms with van der Waals surface area (Å²) in [5, 5.41) is 6.97. The van der Waals surface area contributed by atoms with Gasteiger partial charge in [-0.3, -0.25) is 9.69 Å². The van der Waals surface area contributed by atoms with Crippen LogP contribution in [0.3, 0.4) is 0 Å². The van der Waals surface area contributed by atoms with E-state index in [4.69, 9.17) is 4.52 Å². The first-order valence-corrected chi connectivity index (χ1v) is 9.03. The molecule has 0 spiro atoms. The molecular weight excluding hydrogens is 372 g/mol. The van der Waals surface area contributed by atoms with Gasteiger partial charge in [0.2, 0.25) is 17.6 Å². The Kier molecular flexibility index (Phi) is 5.63. The van der Waals surface area contributed by atoms with Gasteiger partial charge < -0.3 is 9.84 Å². The van der Waals surface area contributed by atoms with Crippen LogP contribution >= 0.6 is 15.9 Å². The van der Waals surface area contributed by atoms with E-state index in [1.165, 1.54) is 0 Å². The van der Waals surface area contributed by atoms with Crippen molar-refractivity contribution < 1.29 is 9.32 Å². The Morgan fingerprint density at radius 3 is 2.96 bits per heavy atom. The van der Waals surface area contributed by atoms with Crippen molar-refractivity contribution in [1.82, 2.24) is 20.4 Å². The lowest BCUT2D eigenvalue weighted by atomic mass is 9.97. The third kappa shape index (κ3) is 4.21. The molecule has 1 aromatic heterocycles. The minimum absolute atomic E-state index is 0.0487. The second-order valence-electron chi connectivity index (χ2n) is 5.99. The van der Waals surface area contributed by atoms with Crippen molar-refractivity contribution >= 4 is 21.8 Å². The van der Waals surface area contributed by atoms with Gasteiger partial charge in [-0.1, -0.05) is 21.1 Å². The molecule has 0 bridgehead atoms. The van der Waals surface area contributed by atoms with Gasteiger partial charge in [-0.15, -0.1) is 0 Å². The quantitative estimate of drug-likeness (QED) is 0.846. The van der Waals surface area contributed by atoms with Gasteiger partial charge in [-0.25, -0.2) is 0 Å². The van der Waals surface area contributed by atoms with Crippen LogP contribution in [-0.2, 0) is 11.3 Å². The van der Waals surface area contributed by atoms with Crippen LogP contribution in [0.25, 0.3) is 11.4 Å². The molecule has 0 saturated carbocycles. The fourth-order valence-corrected chi connectivity index (χ4v) is 3.22. The molecule has 6 nitrogen and oxygen atoms in total. The average molecular weight is 393 g/mol. The predicted molar refractivity (Wildman–Crippen MR) is 94.1 cm³/mol. The van der Waals surface area contributed by atoms with E-state index in [9.17, 15) is 4.79 Å². The standard InChI is InChI=1S/C17H21BrN4O2/c1-2-19-17(23)13-4-3-9-22(10-13)11-15-20-16(21-24-15)12-5-7-14(18)8-6-12/h5-8,13H,2-4,9-11H2,1H3,(H,19,23). The monoisotopic (exact) mass is 392 g/mol. The fraction of sp³-hybridized carbons (Fsp3) is 0.471. The Morgan fingerprint density at radius 2 is 2.21 bits per heavy atom. The molecule has 2 heterocycles. The Bertz CT molecular complexity index is 686. The zero-order valence-electron chi connectivity index (χ0n) is 13.7. The second kappa shape index (κ2) is 7.90. The summed E-state index contributed by atoms with van der Waals surface area (Å²) in [6, 6.07) is 7.80. The lowest BCUT2D eigenvalue weighted by Gasteiger charge is -2.30.